The lowest BCUT2D eigenvalue weighted by atomic mass is 9.82. The molecule has 10 heteroatoms. The normalized spacial score (nSPS) is 21.6. The average molecular weight is 394 g/mol. The molecule has 0 saturated carbocycles. The average Bonchev–Trinajstić information content (AvgIpc) is 2.92. The van der Waals surface area contributed by atoms with E-state index in [-0.39, 0.29) is 21.6 Å². The number of nitrogens with zero attached hydrogens (tertiary/aromatic N) is 1. The zero-order valence-electron chi connectivity index (χ0n) is 12.7. The second-order valence-electron chi connectivity index (χ2n) is 5.81. The second-order valence-corrected chi connectivity index (χ2v) is 6.59. The van der Waals surface area contributed by atoms with Crippen molar-refractivity contribution in [1.29, 1.82) is 0 Å². The predicted molar refractivity (Wildman–Crippen MR) is 85.8 cm³/mol. The van der Waals surface area contributed by atoms with Crippen molar-refractivity contribution in [2.24, 2.45) is 0 Å². The fourth-order valence-electron chi connectivity index (χ4n) is 2.93. The summed E-state index contributed by atoms with van der Waals surface area (Å²) in [6.45, 7) is 1.58. The van der Waals surface area contributed by atoms with Gasteiger partial charge in [0.2, 0.25) is 5.91 Å². The van der Waals surface area contributed by atoms with Crippen molar-refractivity contribution < 1.29 is 23.1 Å². The zero-order valence-corrected chi connectivity index (χ0v) is 14.2. The van der Waals surface area contributed by atoms with Crippen LogP contribution in [0.3, 0.4) is 0 Å². The third kappa shape index (κ3) is 2.78. The summed E-state index contributed by atoms with van der Waals surface area (Å²) in [5, 5.41) is 19.2. The maximum atomic E-state index is 13.5. The van der Waals surface area contributed by atoms with Crippen molar-refractivity contribution in [3.63, 3.8) is 0 Å². The number of hydrogen-bond acceptors (Lipinski definition) is 3. The number of anilines is 1. The smallest absolute Gasteiger partial charge is 0.376 e. The van der Waals surface area contributed by atoms with Crippen LogP contribution in [0.1, 0.15) is 36.1 Å². The number of hydrogen-bond donors (Lipinski definition) is 3. The van der Waals surface area contributed by atoms with Gasteiger partial charge in [0.25, 0.3) is 0 Å². The van der Waals surface area contributed by atoms with Crippen LogP contribution in [-0.4, -0.2) is 27.4 Å². The van der Waals surface area contributed by atoms with Crippen LogP contribution in [-0.2, 0) is 10.4 Å². The third-order valence-electron chi connectivity index (χ3n) is 4.22. The van der Waals surface area contributed by atoms with Gasteiger partial charge in [-0.15, -0.1) is 0 Å². The molecule has 0 saturated heterocycles. The number of carbonyl (C=O) groups is 1. The highest BCUT2D eigenvalue weighted by atomic mass is 35.5. The van der Waals surface area contributed by atoms with Gasteiger partial charge in [0, 0.05) is 5.92 Å². The van der Waals surface area contributed by atoms with Gasteiger partial charge in [-0.3, -0.25) is 9.89 Å². The molecule has 3 N–H and O–H groups in total. The number of carbonyl (C=O) groups excluding carboxylic acids is 1. The van der Waals surface area contributed by atoms with Crippen LogP contribution < -0.4 is 5.32 Å². The summed E-state index contributed by atoms with van der Waals surface area (Å²) < 4.78 is 40.6. The largest absolute Gasteiger partial charge is 0.422 e. The number of H-pyrrole nitrogens is 1. The molecule has 1 amide bonds. The van der Waals surface area contributed by atoms with Crippen LogP contribution in [0.25, 0.3) is 0 Å². The van der Waals surface area contributed by atoms with Gasteiger partial charge in [-0.1, -0.05) is 42.3 Å². The van der Waals surface area contributed by atoms with Crippen molar-refractivity contribution in [2.45, 2.75) is 31.0 Å². The molecular formula is C15H12Cl2F3N3O2. The molecule has 2 heterocycles. The number of aromatic amines is 1. The molecule has 2 unspecified atom stereocenters. The van der Waals surface area contributed by atoms with E-state index in [1.807, 2.05) is 0 Å². The van der Waals surface area contributed by atoms with Crippen LogP contribution in [0.4, 0.5) is 19.0 Å². The molecule has 2 aromatic rings. The number of aromatic nitrogens is 2. The van der Waals surface area contributed by atoms with E-state index in [0.717, 1.165) is 0 Å². The Balaban J connectivity index is 2.18. The van der Waals surface area contributed by atoms with Crippen LogP contribution in [0.15, 0.2) is 18.2 Å². The summed E-state index contributed by atoms with van der Waals surface area (Å²) in [5.41, 5.74) is -3.47. The first-order chi connectivity index (χ1) is 11.6. The maximum absolute atomic E-state index is 13.5. The minimum Gasteiger partial charge on any atom is -0.376 e. The SMILES string of the molecule is CC(c1cccc(Cl)c1Cl)c1n[nH]c2c1C(O)(C(F)(F)F)CC(=O)N2. The third-order valence-corrected chi connectivity index (χ3v) is 5.05. The summed E-state index contributed by atoms with van der Waals surface area (Å²) in [5.74, 6) is -1.96. The molecule has 1 aromatic carbocycles. The summed E-state index contributed by atoms with van der Waals surface area (Å²) in [6, 6.07) is 4.76. The van der Waals surface area contributed by atoms with E-state index in [2.05, 4.69) is 15.5 Å². The first kappa shape index (κ1) is 18.0. The Morgan fingerprint density at radius 2 is 2.04 bits per heavy atom. The Kier molecular flexibility index (Phi) is 4.25. The Labute approximate surface area is 150 Å². The van der Waals surface area contributed by atoms with Gasteiger partial charge in [0.15, 0.2) is 5.60 Å². The molecule has 5 nitrogen and oxygen atoms in total. The molecule has 1 aliphatic heterocycles. The molecule has 0 aliphatic carbocycles. The van der Waals surface area contributed by atoms with Crippen LogP contribution >= 0.6 is 23.2 Å². The van der Waals surface area contributed by atoms with E-state index in [0.29, 0.717) is 5.56 Å². The molecule has 25 heavy (non-hydrogen) atoms. The van der Waals surface area contributed by atoms with Gasteiger partial charge < -0.3 is 10.4 Å². The summed E-state index contributed by atoms with van der Waals surface area (Å²) in [4.78, 5) is 11.6. The Bertz CT molecular complexity index is 853. The molecule has 2 atom stereocenters. The number of nitrogens with one attached hydrogen (secondary N) is 2. The van der Waals surface area contributed by atoms with Crippen molar-refractivity contribution in [2.75, 3.05) is 5.32 Å². The van der Waals surface area contributed by atoms with Crippen LogP contribution in [0.2, 0.25) is 10.0 Å². The minimum absolute atomic E-state index is 0.0704. The highest BCUT2D eigenvalue weighted by molar-refractivity contribution is 6.42. The zero-order chi connectivity index (χ0) is 18.6. The fourth-order valence-corrected chi connectivity index (χ4v) is 3.40. The number of benzene rings is 1. The highest BCUT2D eigenvalue weighted by Crippen LogP contribution is 2.49. The lowest BCUT2D eigenvalue weighted by Gasteiger charge is -2.34. The molecule has 0 radical (unpaired) electrons. The number of rotatable bonds is 2. The summed E-state index contributed by atoms with van der Waals surface area (Å²) >= 11 is 12.1. The molecule has 3 rings (SSSR count). The number of amides is 1. The van der Waals surface area contributed by atoms with Crippen molar-refractivity contribution in [1.82, 2.24) is 10.2 Å². The van der Waals surface area contributed by atoms with Crippen molar-refractivity contribution in [3.05, 3.63) is 45.1 Å². The maximum Gasteiger partial charge on any atom is 0.422 e. The number of fused-ring (bicyclic) bond motifs is 1. The van der Waals surface area contributed by atoms with Gasteiger partial charge >= 0.3 is 6.18 Å². The quantitative estimate of drug-likeness (QED) is 0.722. The Morgan fingerprint density at radius 1 is 1.36 bits per heavy atom. The van der Waals surface area contributed by atoms with E-state index >= 15 is 0 Å². The second kappa shape index (κ2) is 5.89. The van der Waals surface area contributed by atoms with Crippen LogP contribution in [0.5, 0.6) is 0 Å². The summed E-state index contributed by atoms with van der Waals surface area (Å²) in [7, 11) is 0. The fraction of sp³-hybridized carbons (Fsp3) is 0.333. The topological polar surface area (TPSA) is 78.0 Å². The first-order valence-corrected chi connectivity index (χ1v) is 7.93. The molecule has 0 fully saturated rings. The van der Waals surface area contributed by atoms with Gasteiger partial charge in [0.05, 0.1) is 27.7 Å². The van der Waals surface area contributed by atoms with Crippen molar-refractivity contribution in [3.8, 4) is 0 Å². The standard InChI is InChI=1S/C15H12Cl2F3N3O2/c1-6(7-3-2-4-8(16)11(7)17)12-10-13(23-22-12)21-9(24)5-14(10,25)15(18,19)20/h2-4,6,25H,5H2,1H3,(H2,21,22,23,24). The van der Waals surface area contributed by atoms with E-state index in [1.54, 1.807) is 25.1 Å². The number of aliphatic hydroxyl groups is 1. The van der Waals surface area contributed by atoms with Gasteiger partial charge in [-0.25, -0.2) is 0 Å². The van der Waals surface area contributed by atoms with Crippen LogP contribution in [0, 0.1) is 0 Å². The highest BCUT2D eigenvalue weighted by Gasteiger charge is 2.60. The minimum atomic E-state index is -5.06. The van der Waals surface area contributed by atoms with E-state index in [9.17, 15) is 23.1 Å². The van der Waals surface area contributed by atoms with Crippen molar-refractivity contribution >= 4 is 34.9 Å². The Morgan fingerprint density at radius 3 is 2.68 bits per heavy atom. The van der Waals surface area contributed by atoms with E-state index in [1.165, 1.54) is 0 Å². The molecule has 0 spiro atoms. The molecular weight excluding hydrogens is 382 g/mol. The van der Waals surface area contributed by atoms with E-state index in [4.69, 9.17) is 23.2 Å². The Hall–Kier alpha value is -1.77. The first-order valence-electron chi connectivity index (χ1n) is 7.18. The van der Waals surface area contributed by atoms with E-state index < -0.39 is 35.6 Å². The molecule has 134 valence electrons. The summed E-state index contributed by atoms with van der Waals surface area (Å²) in [6.07, 6.45) is -6.21. The van der Waals surface area contributed by atoms with Gasteiger partial charge in [0.1, 0.15) is 5.82 Å². The number of alkyl halides is 3. The monoisotopic (exact) mass is 393 g/mol. The molecule has 0 bridgehead atoms. The lowest BCUT2D eigenvalue weighted by molar-refractivity contribution is -0.267. The lowest BCUT2D eigenvalue weighted by Crippen LogP contribution is -2.48. The molecule has 1 aromatic heterocycles. The number of halogens is 5. The van der Waals surface area contributed by atoms with Gasteiger partial charge in [-0.2, -0.15) is 18.3 Å². The van der Waals surface area contributed by atoms with Gasteiger partial charge in [-0.05, 0) is 11.6 Å². The molecule has 1 aliphatic rings. The predicted octanol–water partition coefficient (Wildman–Crippen LogP) is 3.96.